The summed E-state index contributed by atoms with van der Waals surface area (Å²) in [6.45, 7) is 15.5. The molecule has 32 heavy (non-hydrogen) atoms. The summed E-state index contributed by atoms with van der Waals surface area (Å²) in [4.78, 5) is 40.5. The van der Waals surface area contributed by atoms with Crippen molar-refractivity contribution in [2.45, 2.75) is 85.9 Å². The molecule has 0 spiro atoms. The first-order chi connectivity index (χ1) is 14.8. The lowest BCUT2D eigenvalue weighted by atomic mass is 9.95. The second-order valence-corrected chi connectivity index (χ2v) is 9.72. The van der Waals surface area contributed by atoms with Gasteiger partial charge in [0.2, 0.25) is 11.8 Å². The Labute approximate surface area is 193 Å². The minimum atomic E-state index is -0.827. The highest BCUT2D eigenvalue weighted by Crippen LogP contribution is 2.26. The van der Waals surface area contributed by atoms with Crippen LogP contribution < -0.4 is 10.6 Å². The van der Waals surface area contributed by atoms with Crippen LogP contribution in [0.25, 0.3) is 0 Å². The van der Waals surface area contributed by atoms with E-state index in [1.165, 1.54) is 4.90 Å². The predicted octanol–water partition coefficient (Wildman–Crippen LogP) is 4.27. The molecular weight excluding hydrogens is 406 g/mol. The number of rotatable bonds is 9. The summed E-state index contributed by atoms with van der Waals surface area (Å²) in [6, 6.07) is 4.20. The number of nitrogens with zero attached hydrogens (tertiary/aromatic N) is 1. The highest BCUT2D eigenvalue weighted by molar-refractivity contribution is 5.92. The number of amides is 3. The van der Waals surface area contributed by atoms with E-state index >= 15 is 0 Å². The average molecular weight is 448 g/mol. The third-order valence-electron chi connectivity index (χ3n) is 5.14. The second-order valence-electron chi connectivity index (χ2n) is 9.72. The first-order valence-corrected chi connectivity index (χ1v) is 11.4. The summed E-state index contributed by atoms with van der Waals surface area (Å²) in [6.07, 6.45) is 1.16. The van der Waals surface area contributed by atoms with Gasteiger partial charge in [-0.05, 0) is 58.1 Å². The van der Waals surface area contributed by atoms with E-state index in [2.05, 4.69) is 17.6 Å². The Balaban J connectivity index is 3.24. The predicted molar refractivity (Wildman–Crippen MR) is 127 cm³/mol. The Morgan fingerprint density at radius 1 is 1.12 bits per heavy atom. The number of aryl methyl sites for hydroxylation is 2. The van der Waals surface area contributed by atoms with E-state index in [1.54, 1.807) is 27.8 Å². The molecule has 0 radical (unpaired) electrons. The summed E-state index contributed by atoms with van der Waals surface area (Å²) in [7, 11) is 1.61. The molecule has 0 saturated carbocycles. The van der Waals surface area contributed by atoms with Gasteiger partial charge < -0.3 is 20.3 Å². The highest BCUT2D eigenvalue weighted by atomic mass is 16.6. The van der Waals surface area contributed by atoms with Crippen LogP contribution in [0.3, 0.4) is 0 Å². The summed E-state index contributed by atoms with van der Waals surface area (Å²) >= 11 is 0. The Morgan fingerprint density at radius 3 is 2.25 bits per heavy atom. The van der Waals surface area contributed by atoms with Crippen LogP contribution in [-0.2, 0) is 14.3 Å². The van der Waals surface area contributed by atoms with Crippen molar-refractivity contribution < 1.29 is 19.1 Å². The number of hydrogen-bond acceptors (Lipinski definition) is 4. The largest absolute Gasteiger partial charge is 0.444 e. The van der Waals surface area contributed by atoms with Gasteiger partial charge in [0.1, 0.15) is 17.7 Å². The zero-order chi connectivity index (χ0) is 24.6. The van der Waals surface area contributed by atoms with Crippen molar-refractivity contribution in [3.63, 3.8) is 0 Å². The lowest BCUT2D eigenvalue weighted by Gasteiger charge is -2.33. The Kier molecular flexibility index (Phi) is 10.2. The number of unbranched alkanes of at least 4 members (excludes halogenated alkanes) is 1. The zero-order valence-corrected chi connectivity index (χ0v) is 21.2. The van der Waals surface area contributed by atoms with E-state index in [-0.39, 0.29) is 17.7 Å². The quantitative estimate of drug-likeness (QED) is 0.554. The monoisotopic (exact) mass is 447 g/mol. The summed E-state index contributed by atoms with van der Waals surface area (Å²) in [5.41, 5.74) is 2.10. The standard InChI is InChI=1S/C25H41N3O4/c1-10-11-14-26-22(29)21(19-13-12-17(4)15-18(19)5)28(9)23(30)20(16(2)3)27-24(31)32-25(6,7)8/h12-13,15-16,20-21H,10-11,14H2,1-9H3,(H,26,29)(H,27,31). The molecule has 0 aliphatic heterocycles. The smallest absolute Gasteiger partial charge is 0.408 e. The number of carbonyl (C=O) groups excluding carboxylic acids is 3. The maximum Gasteiger partial charge on any atom is 0.408 e. The minimum absolute atomic E-state index is 0.194. The number of likely N-dealkylation sites (N-methyl/N-ethyl adjacent to an activating group) is 1. The van der Waals surface area contributed by atoms with Crippen LogP contribution in [0, 0.1) is 19.8 Å². The van der Waals surface area contributed by atoms with E-state index < -0.39 is 23.8 Å². The SMILES string of the molecule is CCCCNC(=O)C(c1ccc(C)cc1C)N(C)C(=O)C(NC(=O)OC(C)(C)C)C(C)C. The van der Waals surface area contributed by atoms with Crippen LogP contribution in [-0.4, -0.2) is 48.0 Å². The highest BCUT2D eigenvalue weighted by Gasteiger charge is 2.35. The molecule has 0 saturated heterocycles. The average Bonchev–Trinajstić information content (AvgIpc) is 2.66. The van der Waals surface area contributed by atoms with Crippen LogP contribution in [0.5, 0.6) is 0 Å². The van der Waals surface area contributed by atoms with Crippen molar-refractivity contribution in [3.8, 4) is 0 Å². The van der Waals surface area contributed by atoms with Crippen LogP contribution in [0.4, 0.5) is 4.79 Å². The molecule has 0 aromatic heterocycles. The van der Waals surface area contributed by atoms with Crippen molar-refractivity contribution in [1.29, 1.82) is 0 Å². The lowest BCUT2D eigenvalue weighted by Crippen LogP contribution is -2.53. The number of benzene rings is 1. The van der Waals surface area contributed by atoms with E-state index in [1.807, 2.05) is 45.9 Å². The van der Waals surface area contributed by atoms with Gasteiger partial charge in [-0.25, -0.2) is 4.79 Å². The number of hydrogen-bond donors (Lipinski definition) is 2. The molecule has 1 aromatic rings. The van der Waals surface area contributed by atoms with Gasteiger partial charge in [0.25, 0.3) is 0 Å². The van der Waals surface area contributed by atoms with Crippen molar-refractivity contribution in [2.24, 2.45) is 5.92 Å². The molecule has 7 nitrogen and oxygen atoms in total. The normalized spacial score (nSPS) is 13.3. The van der Waals surface area contributed by atoms with Gasteiger partial charge in [-0.3, -0.25) is 9.59 Å². The molecular formula is C25H41N3O4. The fraction of sp³-hybridized carbons (Fsp3) is 0.640. The van der Waals surface area contributed by atoms with Crippen molar-refractivity contribution in [2.75, 3.05) is 13.6 Å². The molecule has 0 fully saturated rings. The first-order valence-electron chi connectivity index (χ1n) is 11.4. The van der Waals surface area contributed by atoms with E-state index in [0.29, 0.717) is 6.54 Å². The fourth-order valence-corrected chi connectivity index (χ4v) is 3.44. The fourth-order valence-electron chi connectivity index (χ4n) is 3.44. The molecule has 0 heterocycles. The Bertz CT molecular complexity index is 799. The summed E-state index contributed by atoms with van der Waals surface area (Å²) in [5.74, 6) is -0.775. The topological polar surface area (TPSA) is 87.7 Å². The summed E-state index contributed by atoms with van der Waals surface area (Å²) < 4.78 is 5.34. The number of carbonyl (C=O) groups is 3. The first kappa shape index (κ1) is 27.5. The molecule has 1 aromatic carbocycles. The van der Waals surface area contributed by atoms with Gasteiger partial charge in [-0.1, -0.05) is 51.0 Å². The van der Waals surface area contributed by atoms with Crippen LogP contribution >= 0.6 is 0 Å². The molecule has 2 N–H and O–H groups in total. The third kappa shape index (κ3) is 8.17. The number of ether oxygens (including phenoxy) is 1. The molecule has 2 unspecified atom stereocenters. The molecule has 3 amide bonds. The lowest BCUT2D eigenvalue weighted by molar-refractivity contribution is -0.141. The third-order valence-corrected chi connectivity index (χ3v) is 5.14. The molecule has 0 bridgehead atoms. The van der Waals surface area contributed by atoms with Gasteiger partial charge in [-0.2, -0.15) is 0 Å². The van der Waals surface area contributed by atoms with Crippen LogP contribution in [0.2, 0.25) is 0 Å². The summed E-state index contributed by atoms with van der Waals surface area (Å²) in [5, 5.41) is 5.65. The molecule has 0 aliphatic carbocycles. The van der Waals surface area contributed by atoms with Crippen molar-refractivity contribution in [1.82, 2.24) is 15.5 Å². The molecule has 1 rings (SSSR count). The molecule has 2 atom stereocenters. The van der Waals surface area contributed by atoms with Crippen molar-refractivity contribution in [3.05, 3.63) is 34.9 Å². The van der Waals surface area contributed by atoms with Gasteiger partial charge in [-0.15, -0.1) is 0 Å². The number of alkyl carbamates (subject to hydrolysis) is 1. The maximum atomic E-state index is 13.5. The Hall–Kier alpha value is -2.57. The van der Waals surface area contributed by atoms with Gasteiger partial charge in [0.05, 0.1) is 0 Å². The van der Waals surface area contributed by atoms with Gasteiger partial charge in [0.15, 0.2) is 0 Å². The molecule has 0 aliphatic rings. The van der Waals surface area contributed by atoms with Gasteiger partial charge >= 0.3 is 6.09 Å². The second kappa shape index (κ2) is 11.9. The Morgan fingerprint density at radius 2 is 1.75 bits per heavy atom. The van der Waals surface area contributed by atoms with E-state index in [0.717, 1.165) is 29.5 Å². The minimum Gasteiger partial charge on any atom is -0.444 e. The van der Waals surface area contributed by atoms with Crippen LogP contribution in [0.1, 0.15) is 77.1 Å². The number of nitrogens with one attached hydrogen (secondary N) is 2. The molecule has 180 valence electrons. The van der Waals surface area contributed by atoms with Crippen molar-refractivity contribution >= 4 is 17.9 Å². The van der Waals surface area contributed by atoms with Crippen LogP contribution in [0.15, 0.2) is 18.2 Å². The van der Waals surface area contributed by atoms with Gasteiger partial charge in [0, 0.05) is 13.6 Å². The molecule has 7 heteroatoms. The maximum absolute atomic E-state index is 13.5. The van der Waals surface area contributed by atoms with E-state index in [4.69, 9.17) is 4.74 Å². The zero-order valence-electron chi connectivity index (χ0n) is 21.2. The van der Waals surface area contributed by atoms with E-state index in [9.17, 15) is 14.4 Å².